The molecular weight excluding hydrogens is 526 g/mol. The maximum absolute atomic E-state index is 13.1. The second kappa shape index (κ2) is 10.5. The average molecular weight is 554 g/mol. The second-order valence-electron chi connectivity index (χ2n) is 9.89. The minimum absolute atomic E-state index is 0.0215. The van der Waals surface area contributed by atoms with E-state index >= 15 is 0 Å². The van der Waals surface area contributed by atoms with E-state index in [-0.39, 0.29) is 23.5 Å². The minimum atomic E-state index is -3.16. The molecule has 9 nitrogen and oxygen atoms in total. The van der Waals surface area contributed by atoms with Crippen LogP contribution in [0, 0.1) is 6.92 Å². The van der Waals surface area contributed by atoms with Crippen molar-refractivity contribution < 1.29 is 17.6 Å². The van der Waals surface area contributed by atoms with Gasteiger partial charge in [0.1, 0.15) is 11.4 Å². The number of hydrogen-bond acceptors (Lipinski definition) is 7. The Hall–Kier alpha value is -4.57. The Morgan fingerprint density at radius 1 is 1.05 bits per heavy atom. The monoisotopic (exact) mass is 553 g/mol. The topological polar surface area (TPSA) is 120 Å². The van der Waals surface area contributed by atoms with Crippen LogP contribution in [0.2, 0.25) is 0 Å². The van der Waals surface area contributed by atoms with Crippen LogP contribution in [0.1, 0.15) is 39.6 Å². The van der Waals surface area contributed by atoms with Crippen molar-refractivity contribution in [2.24, 2.45) is 0 Å². The van der Waals surface area contributed by atoms with Crippen molar-refractivity contribution in [1.82, 2.24) is 19.7 Å². The summed E-state index contributed by atoms with van der Waals surface area (Å²) >= 11 is 0. The predicted octanol–water partition coefficient (Wildman–Crippen LogP) is 5.11. The van der Waals surface area contributed by atoms with E-state index in [1.807, 2.05) is 55.5 Å². The van der Waals surface area contributed by atoms with Gasteiger partial charge in [-0.15, -0.1) is 0 Å². The lowest BCUT2D eigenvalue weighted by Crippen LogP contribution is -2.14. The van der Waals surface area contributed by atoms with Gasteiger partial charge in [0.2, 0.25) is 0 Å². The van der Waals surface area contributed by atoms with Crippen LogP contribution in [0.15, 0.2) is 89.8 Å². The molecule has 1 aliphatic heterocycles. The lowest BCUT2D eigenvalue weighted by atomic mass is 9.98. The molecule has 6 rings (SSSR count). The Bertz CT molecular complexity index is 1780. The van der Waals surface area contributed by atoms with Crippen molar-refractivity contribution in [3.8, 4) is 22.8 Å². The number of nitrogens with one attached hydrogen (secondary N) is 1. The predicted molar refractivity (Wildman–Crippen MR) is 152 cm³/mol. The number of nitrogens with zero attached hydrogens (tertiary/aromatic N) is 4. The summed E-state index contributed by atoms with van der Waals surface area (Å²) < 4.78 is 32.4. The summed E-state index contributed by atoms with van der Waals surface area (Å²) in [6.45, 7) is 1.87. The molecule has 1 N–H and O–H groups in total. The number of carbonyl (C=O) groups is 1. The number of carbonyl (C=O) groups excluding carboxylic acids is 1. The molecule has 0 radical (unpaired) electrons. The molecule has 40 heavy (non-hydrogen) atoms. The Balaban J connectivity index is 1.42. The number of hydrogen-bond donors (Lipinski definition) is 1. The van der Waals surface area contributed by atoms with E-state index in [0.29, 0.717) is 41.2 Å². The third kappa shape index (κ3) is 5.30. The lowest BCUT2D eigenvalue weighted by molar-refractivity contribution is 0.102. The quantitative estimate of drug-likeness (QED) is 0.297. The summed E-state index contributed by atoms with van der Waals surface area (Å²) in [5, 5.41) is 7.88. The van der Waals surface area contributed by atoms with Crippen molar-refractivity contribution in [3.05, 3.63) is 108 Å². The molecule has 1 aromatic carbocycles. The molecule has 1 fully saturated rings. The molecule has 0 aliphatic carbocycles. The Kier molecular flexibility index (Phi) is 6.77. The number of furan rings is 1. The third-order valence-corrected chi connectivity index (χ3v) is 8.70. The first-order valence-corrected chi connectivity index (χ1v) is 14.8. The van der Waals surface area contributed by atoms with Crippen LogP contribution in [0.4, 0.5) is 5.69 Å². The molecule has 1 aliphatic rings. The zero-order valence-electron chi connectivity index (χ0n) is 21.8. The highest BCUT2D eigenvalue weighted by atomic mass is 32.2. The molecular formula is C30H27N5O4S. The Labute approximate surface area is 231 Å². The molecule has 0 saturated carbocycles. The number of pyridine rings is 2. The first kappa shape index (κ1) is 25.7. The van der Waals surface area contributed by atoms with E-state index in [4.69, 9.17) is 9.52 Å². The highest BCUT2D eigenvalue weighted by molar-refractivity contribution is 7.91. The molecule has 10 heteroatoms. The smallest absolute Gasteiger partial charge is 0.255 e. The van der Waals surface area contributed by atoms with E-state index < -0.39 is 9.84 Å². The normalized spacial score (nSPS) is 16.2. The number of amides is 1. The van der Waals surface area contributed by atoms with Crippen molar-refractivity contribution in [3.63, 3.8) is 0 Å². The first-order valence-electron chi connectivity index (χ1n) is 13.0. The zero-order valence-corrected chi connectivity index (χ0v) is 22.6. The third-order valence-electron chi connectivity index (χ3n) is 6.95. The van der Waals surface area contributed by atoms with E-state index in [1.165, 1.54) is 0 Å². The van der Waals surface area contributed by atoms with E-state index in [2.05, 4.69) is 15.3 Å². The molecule has 4 aromatic heterocycles. The van der Waals surface area contributed by atoms with Crippen LogP contribution < -0.4 is 5.32 Å². The standard InChI is InChI=1S/C30H27N5O4S/c1-20-16-23(10-13-31-20)33-30(36)22-7-4-6-21(17-22)18-25-28(26-8-2-3-12-32-26)34-35(24-11-15-40(37,38)19-24)29(25)27-9-5-14-39-27/h2-10,12-14,16-17,24H,11,15,18-19H2,1H3,(H,31,33,36). The van der Waals surface area contributed by atoms with E-state index in [9.17, 15) is 13.2 Å². The van der Waals surface area contributed by atoms with Crippen molar-refractivity contribution >= 4 is 21.4 Å². The summed E-state index contributed by atoms with van der Waals surface area (Å²) in [5.74, 6) is 0.511. The highest BCUT2D eigenvalue weighted by Gasteiger charge is 2.34. The van der Waals surface area contributed by atoms with Gasteiger partial charge in [-0.25, -0.2) is 8.42 Å². The molecule has 1 atom stereocenters. The maximum atomic E-state index is 13.1. The minimum Gasteiger partial charge on any atom is -0.463 e. The Morgan fingerprint density at radius 3 is 2.67 bits per heavy atom. The van der Waals surface area contributed by atoms with Gasteiger partial charge in [-0.2, -0.15) is 5.10 Å². The molecule has 5 aromatic rings. The number of benzene rings is 1. The van der Waals surface area contributed by atoms with Gasteiger partial charge in [-0.3, -0.25) is 19.4 Å². The molecule has 1 amide bonds. The summed E-state index contributed by atoms with van der Waals surface area (Å²) in [6, 6.07) is 19.9. The average Bonchev–Trinajstić information content (AvgIpc) is 3.68. The summed E-state index contributed by atoms with van der Waals surface area (Å²) in [7, 11) is -3.16. The van der Waals surface area contributed by atoms with Crippen LogP contribution in [0.5, 0.6) is 0 Å². The van der Waals surface area contributed by atoms with Gasteiger partial charge in [-0.1, -0.05) is 18.2 Å². The number of aromatic nitrogens is 4. The van der Waals surface area contributed by atoms with Gasteiger partial charge in [-0.05, 0) is 67.4 Å². The fraction of sp³-hybridized carbons (Fsp3) is 0.200. The molecule has 0 bridgehead atoms. The van der Waals surface area contributed by atoms with Gasteiger partial charge in [0.05, 0.1) is 29.5 Å². The van der Waals surface area contributed by atoms with Crippen LogP contribution >= 0.6 is 0 Å². The zero-order chi connectivity index (χ0) is 27.7. The Morgan fingerprint density at radius 2 is 1.95 bits per heavy atom. The van der Waals surface area contributed by atoms with Gasteiger partial charge in [0.25, 0.3) is 5.91 Å². The molecule has 5 heterocycles. The summed E-state index contributed by atoms with van der Waals surface area (Å²) in [6.07, 6.45) is 5.86. The fourth-order valence-corrected chi connectivity index (χ4v) is 6.80. The van der Waals surface area contributed by atoms with E-state index in [1.54, 1.807) is 41.5 Å². The summed E-state index contributed by atoms with van der Waals surface area (Å²) in [4.78, 5) is 21.8. The number of anilines is 1. The number of aryl methyl sites for hydroxylation is 1. The SMILES string of the molecule is Cc1cc(NC(=O)c2cccc(Cc3c(-c4ccccn4)nn(C4CCS(=O)(=O)C4)c3-c3ccco3)c2)ccn1. The molecule has 1 saturated heterocycles. The van der Waals surface area contributed by atoms with Crippen molar-refractivity contribution in [2.45, 2.75) is 25.8 Å². The molecule has 202 valence electrons. The van der Waals surface area contributed by atoms with Gasteiger partial charge >= 0.3 is 0 Å². The highest BCUT2D eigenvalue weighted by Crippen LogP contribution is 2.38. The largest absolute Gasteiger partial charge is 0.463 e. The fourth-order valence-electron chi connectivity index (χ4n) is 5.11. The van der Waals surface area contributed by atoms with Crippen molar-refractivity contribution in [2.75, 3.05) is 16.8 Å². The lowest BCUT2D eigenvalue weighted by Gasteiger charge is -2.13. The van der Waals surface area contributed by atoms with Crippen LogP contribution in [0.3, 0.4) is 0 Å². The van der Waals surface area contributed by atoms with Crippen molar-refractivity contribution in [1.29, 1.82) is 0 Å². The molecule has 1 unspecified atom stereocenters. The van der Waals surface area contributed by atoms with Crippen LogP contribution in [-0.4, -0.2) is 45.6 Å². The second-order valence-corrected chi connectivity index (χ2v) is 12.1. The van der Waals surface area contributed by atoms with Crippen LogP contribution in [0.25, 0.3) is 22.8 Å². The summed E-state index contributed by atoms with van der Waals surface area (Å²) in [5.41, 5.74) is 5.78. The van der Waals surface area contributed by atoms with Crippen LogP contribution in [-0.2, 0) is 16.3 Å². The maximum Gasteiger partial charge on any atom is 0.255 e. The van der Waals surface area contributed by atoms with Gasteiger partial charge in [0, 0.05) is 41.3 Å². The molecule has 0 spiro atoms. The van der Waals surface area contributed by atoms with Gasteiger partial charge < -0.3 is 9.73 Å². The van der Waals surface area contributed by atoms with E-state index in [0.717, 1.165) is 22.5 Å². The number of rotatable bonds is 7. The first-order chi connectivity index (χ1) is 19.4. The van der Waals surface area contributed by atoms with Gasteiger partial charge in [0.15, 0.2) is 15.6 Å². The number of sulfone groups is 1.